The minimum absolute atomic E-state index is 0.0119. The van der Waals surface area contributed by atoms with Crippen molar-refractivity contribution in [2.75, 3.05) is 0 Å². The largest absolute Gasteiger partial charge is 0.387 e. The Morgan fingerprint density at radius 2 is 1.94 bits per heavy atom. The fourth-order valence-electron chi connectivity index (χ4n) is 1.99. The Labute approximate surface area is 109 Å². The molecule has 0 aromatic heterocycles. The highest BCUT2D eigenvalue weighted by molar-refractivity contribution is 5.63. The number of hydrogen-bond acceptors (Lipinski definition) is 3. The highest BCUT2D eigenvalue weighted by atomic mass is 16.3. The Bertz CT molecular complexity index is 388. The van der Waals surface area contributed by atoms with Crippen LogP contribution in [0.2, 0.25) is 0 Å². The monoisotopic (exact) mass is 251 g/mol. The van der Waals surface area contributed by atoms with Crippen molar-refractivity contribution in [3.05, 3.63) is 27.4 Å². The van der Waals surface area contributed by atoms with Gasteiger partial charge >= 0.3 is 0 Å². The SMILES string of the molecule is CCCC/C=C\c1c([C@H](O)[C@@H](N)CCCC)c1=O. The van der Waals surface area contributed by atoms with Crippen molar-refractivity contribution in [3.8, 4) is 0 Å². The Kier molecular flexibility index (Phi) is 6.30. The summed E-state index contributed by atoms with van der Waals surface area (Å²) in [6.45, 7) is 4.22. The summed E-state index contributed by atoms with van der Waals surface area (Å²) in [5.41, 5.74) is 7.08. The maximum Gasteiger partial charge on any atom is 0.192 e. The molecule has 1 aromatic rings. The molecule has 3 nitrogen and oxygen atoms in total. The van der Waals surface area contributed by atoms with Gasteiger partial charge in [-0.1, -0.05) is 51.7 Å². The second kappa shape index (κ2) is 7.49. The van der Waals surface area contributed by atoms with E-state index in [9.17, 15) is 9.90 Å². The summed E-state index contributed by atoms with van der Waals surface area (Å²) in [6.07, 6.45) is 9.13. The topological polar surface area (TPSA) is 63.3 Å². The predicted octanol–water partition coefficient (Wildman–Crippen LogP) is 2.68. The molecule has 2 atom stereocenters. The zero-order chi connectivity index (χ0) is 13.5. The van der Waals surface area contributed by atoms with Crippen LogP contribution in [0.1, 0.15) is 69.6 Å². The van der Waals surface area contributed by atoms with E-state index in [0.29, 0.717) is 11.1 Å². The van der Waals surface area contributed by atoms with Gasteiger partial charge in [0.25, 0.3) is 0 Å². The highest BCUT2D eigenvalue weighted by Crippen LogP contribution is 2.25. The van der Waals surface area contributed by atoms with Gasteiger partial charge in [-0.15, -0.1) is 0 Å². The predicted molar refractivity (Wildman–Crippen MR) is 76.1 cm³/mol. The molecule has 0 aliphatic rings. The number of aliphatic hydroxyl groups excluding tert-OH is 1. The van der Waals surface area contributed by atoms with Crippen LogP contribution in [0.25, 0.3) is 6.08 Å². The van der Waals surface area contributed by atoms with E-state index in [2.05, 4.69) is 13.8 Å². The van der Waals surface area contributed by atoms with Gasteiger partial charge in [0.05, 0.1) is 6.10 Å². The van der Waals surface area contributed by atoms with Crippen molar-refractivity contribution >= 4 is 6.08 Å². The summed E-state index contributed by atoms with van der Waals surface area (Å²) in [5.74, 6) is 0. The van der Waals surface area contributed by atoms with Gasteiger partial charge in [0.2, 0.25) is 0 Å². The molecule has 0 fully saturated rings. The fraction of sp³-hybridized carbons (Fsp3) is 0.667. The Morgan fingerprint density at radius 1 is 1.28 bits per heavy atom. The Morgan fingerprint density at radius 3 is 2.56 bits per heavy atom. The first-order chi connectivity index (χ1) is 8.63. The first-order valence-electron chi connectivity index (χ1n) is 7.02. The number of nitrogens with two attached hydrogens (primary N) is 1. The van der Waals surface area contributed by atoms with E-state index in [4.69, 9.17) is 5.73 Å². The molecule has 0 spiro atoms. The maximum absolute atomic E-state index is 11.6. The molecule has 0 amide bonds. The second-order valence-electron chi connectivity index (χ2n) is 4.95. The van der Waals surface area contributed by atoms with Gasteiger partial charge in [0.1, 0.15) is 0 Å². The van der Waals surface area contributed by atoms with Gasteiger partial charge < -0.3 is 10.8 Å². The third-order valence-electron chi connectivity index (χ3n) is 3.32. The van der Waals surface area contributed by atoms with Crippen LogP contribution in [0, 0.1) is 0 Å². The average Bonchev–Trinajstić information content (AvgIpc) is 3.01. The van der Waals surface area contributed by atoms with E-state index < -0.39 is 6.10 Å². The third-order valence-corrected chi connectivity index (χ3v) is 3.32. The molecule has 18 heavy (non-hydrogen) atoms. The number of unbranched alkanes of at least 4 members (excludes halogenated alkanes) is 3. The minimum atomic E-state index is -0.783. The van der Waals surface area contributed by atoms with Gasteiger partial charge in [-0.3, -0.25) is 4.79 Å². The highest BCUT2D eigenvalue weighted by Gasteiger charge is 2.30. The maximum atomic E-state index is 11.6. The zero-order valence-corrected chi connectivity index (χ0v) is 11.5. The molecule has 0 unspecified atom stereocenters. The van der Waals surface area contributed by atoms with E-state index in [0.717, 1.165) is 38.5 Å². The summed E-state index contributed by atoms with van der Waals surface area (Å²) in [6, 6.07) is -0.314. The molecule has 102 valence electrons. The number of hydrogen-bond donors (Lipinski definition) is 2. The first-order valence-corrected chi connectivity index (χ1v) is 7.02. The molecular weight excluding hydrogens is 226 g/mol. The Balaban J connectivity index is 2.48. The Hall–Kier alpha value is -0.930. The summed E-state index contributed by atoms with van der Waals surface area (Å²) >= 11 is 0. The van der Waals surface area contributed by atoms with E-state index in [-0.39, 0.29) is 11.5 Å². The molecule has 0 saturated heterocycles. The van der Waals surface area contributed by atoms with Crippen molar-refractivity contribution in [1.29, 1.82) is 0 Å². The molecule has 0 aliphatic heterocycles. The molecule has 0 bridgehead atoms. The lowest BCUT2D eigenvalue weighted by atomic mass is 10.0. The summed E-state index contributed by atoms with van der Waals surface area (Å²) in [4.78, 5) is 11.6. The van der Waals surface area contributed by atoms with E-state index >= 15 is 0 Å². The lowest BCUT2D eigenvalue weighted by molar-refractivity contribution is 0.144. The van der Waals surface area contributed by atoms with Gasteiger partial charge in [-0.2, -0.15) is 0 Å². The summed E-state index contributed by atoms with van der Waals surface area (Å²) < 4.78 is 0. The van der Waals surface area contributed by atoms with E-state index in [1.807, 2.05) is 12.2 Å². The van der Waals surface area contributed by atoms with Crippen LogP contribution in [0.3, 0.4) is 0 Å². The van der Waals surface area contributed by atoms with Gasteiger partial charge in [-0.05, 0) is 12.8 Å². The molecular formula is C15H25NO2. The van der Waals surface area contributed by atoms with Crippen LogP contribution in [0.4, 0.5) is 0 Å². The van der Waals surface area contributed by atoms with Crippen molar-refractivity contribution in [2.45, 2.75) is 64.5 Å². The lowest BCUT2D eigenvalue weighted by Crippen LogP contribution is -2.27. The second-order valence-corrected chi connectivity index (χ2v) is 4.95. The van der Waals surface area contributed by atoms with Crippen molar-refractivity contribution in [2.24, 2.45) is 5.73 Å². The molecule has 0 aliphatic carbocycles. The van der Waals surface area contributed by atoms with Crippen LogP contribution in [-0.4, -0.2) is 11.1 Å². The number of rotatable bonds is 9. The standard InChI is InChI=1S/C15H25NO2/c1-3-5-7-8-9-11-13(14(11)17)15(18)12(16)10-6-4-2/h8-9,12,15,18H,3-7,10,16H2,1-2H3/b9-8-/t12-,15+/m0/s1. The van der Waals surface area contributed by atoms with Crippen molar-refractivity contribution in [1.82, 2.24) is 0 Å². The minimum Gasteiger partial charge on any atom is -0.387 e. The fourth-order valence-corrected chi connectivity index (χ4v) is 1.99. The van der Waals surface area contributed by atoms with Gasteiger partial charge in [-0.25, -0.2) is 0 Å². The molecule has 1 rings (SSSR count). The van der Waals surface area contributed by atoms with Gasteiger partial charge in [0, 0.05) is 17.2 Å². The van der Waals surface area contributed by atoms with Crippen LogP contribution in [0.5, 0.6) is 0 Å². The van der Waals surface area contributed by atoms with Crippen LogP contribution in [0.15, 0.2) is 10.9 Å². The quantitative estimate of drug-likeness (QED) is 0.663. The van der Waals surface area contributed by atoms with Gasteiger partial charge in [0.15, 0.2) is 5.43 Å². The molecule has 3 heteroatoms. The van der Waals surface area contributed by atoms with E-state index in [1.54, 1.807) is 0 Å². The molecule has 0 radical (unpaired) electrons. The van der Waals surface area contributed by atoms with Crippen LogP contribution in [-0.2, 0) is 0 Å². The van der Waals surface area contributed by atoms with Crippen LogP contribution < -0.4 is 11.2 Å². The number of allylic oxidation sites excluding steroid dienone is 1. The third kappa shape index (κ3) is 4.07. The molecule has 3 N–H and O–H groups in total. The summed E-state index contributed by atoms with van der Waals surface area (Å²) in [5, 5.41) is 9.99. The van der Waals surface area contributed by atoms with E-state index in [1.165, 1.54) is 0 Å². The molecule has 0 saturated carbocycles. The van der Waals surface area contributed by atoms with Crippen molar-refractivity contribution < 1.29 is 5.11 Å². The first kappa shape index (κ1) is 15.1. The van der Waals surface area contributed by atoms with Crippen LogP contribution >= 0.6 is 0 Å². The normalized spacial score (nSPS) is 15.6. The summed E-state index contributed by atoms with van der Waals surface area (Å²) in [7, 11) is 0. The average molecular weight is 251 g/mol. The smallest absolute Gasteiger partial charge is 0.192 e. The molecule has 0 heterocycles. The van der Waals surface area contributed by atoms with Crippen molar-refractivity contribution in [3.63, 3.8) is 0 Å². The zero-order valence-electron chi connectivity index (χ0n) is 11.5. The number of aliphatic hydroxyl groups is 1. The lowest BCUT2D eigenvalue weighted by Gasteiger charge is -2.14. The molecule has 1 aromatic carbocycles.